The molecule has 1 aliphatic carbocycles. The maximum absolute atomic E-state index is 15.2. The summed E-state index contributed by atoms with van der Waals surface area (Å²) in [6.07, 6.45) is 9.23. The number of anilines is 1. The molecule has 1 saturated carbocycles. The van der Waals surface area contributed by atoms with Gasteiger partial charge in [-0.2, -0.15) is 0 Å². The van der Waals surface area contributed by atoms with Crippen LogP contribution in [-0.2, 0) is 4.84 Å². The van der Waals surface area contributed by atoms with Crippen LogP contribution in [0.1, 0.15) is 35.7 Å². The molecular weight excluding hydrogens is 417 g/mol. The minimum Gasteiger partial charge on any atom is -0.477 e. The van der Waals surface area contributed by atoms with Gasteiger partial charge in [0.1, 0.15) is 11.2 Å². The average molecular weight is 437 g/mol. The summed E-state index contributed by atoms with van der Waals surface area (Å²) in [4.78, 5) is 40.3. The molecule has 3 unspecified atom stereocenters. The van der Waals surface area contributed by atoms with Gasteiger partial charge in [0, 0.05) is 37.1 Å². The number of carboxylic acid groups (broad SMARTS) is 1. The molecule has 2 fully saturated rings. The molecule has 9 nitrogen and oxygen atoms in total. The number of oxime groups is 1. The second-order valence-electron chi connectivity index (χ2n) is 8.67. The summed E-state index contributed by atoms with van der Waals surface area (Å²) in [7, 11) is 0. The Hall–Kier alpha value is -3.56. The maximum Gasteiger partial charge on any atom is 0.341 e. The van der Waals surface area contributed by atoms with E-state index in [4.69, 9.17) is 4.84 Å². The van der Waals surface area contributed by atoms with E-state index in [1.165, 1.54) is 6.20 Å². The number of hydrogen-bond acceptors (Lipinski definition) is 7. The van der Waals surface area contributed by atoms with Crippen molar-refractivity contribution in [1.29, 1.82) is 0 Å². The highest BCUT2D eigenvalue weighted by atomic mass is 19.1. The second-order valence-corrected chi connectivity index (χ2v) is 8.67. The normalized spacial score (nSPS) is 26.3. The largest absolute Gasteiger partial charge is 0.477 e. The number of rotatable bonds is 4. The number of hydrogen-bond donors (Lipinski definition) is 1. The molecule has 2 aromatic heterocycles. The lowest BCUT2D eigenvalue weighted by atomic mass is 9.88. The first-order chi connectivity index (χ1) is 15.5. The zero-order chi connectivity index (χ0) is 22.0. The van der Waals surface area contributed by atoms with Crippen molar-refractivity contribution in [2.75, 3.05) is 18.0 Å². The van der Waals surface area contributed by atoms with Gasteiger partial charge in [-0.1, -0.05) is 11.2 Å². The number of aromatic carboxylic acids is 1. The van der Waals surface area contributed by atoms with Crippen LogP contribution in [0.3, 0.4) is 0 Å². The number of pyridine rings is 2. The van der Waals surface area contributed by atoms with Crippen LogP contribution in [0.4, 0.5) is 10.2 Å². The van der Waals surface area contributed by atoms with Crippen molar-refractivity contribution < 1.29 is 19.1 Å². The molecule has 0 radical (unpaired) electrons. The van der Waals surface area contributed by atoms with Crippen molar-refractivity contribution in [1.82, 2.24) is 9.55 Å². The Kier molecular flexibility index (Phi) is 4.17. The van der Waals surface area contributed by atoms with Gasteiger partial charge in [-0.15, -0.1) is 0 Å². The molecule has 164 valence electrons. The summed E-state index contributed by atoms with van der Waals surface area (Å²) in [5.74, 6) is -1.69. The van der Waals surface area contributed by atoms with E-state index in [1.54, 1.807) is 10.8 Å². The van der Waals surface area contributed by atoms with E-state index in [0.717, 1.165) is 31.0 Å². The van der Waals surface area contributed by atoms with Crippen molar-refractivity contribution >= 4 is 34.7 Å². The third kappa shape index (κ3) is 2.93. The van der Waals surface area contributed by atoms with E-state index in [2.05, 4.69) is 15.1 Å². The highest BCUT2D eigenvalue weighted by molar-refractivity contribution is 5.95. The first-order valence-corrected chi connectivity index (χ1v) is 10.7. The first-order valence-electron chi connectivity index (χ1n) is 10.7. The fourth-order valence-corrected chi connectivity index (χ4v) is 4.81. The summed E-state index contributed by atoms with van der Waals surface area (Å²) in [6, 6.07) is 1.19. The molecule has 2 aromatic rings. The number of aliphatic imine (C=N–C) groups is 1. The van der Waals surface area contributed by atoms with E-state index in [1.807, 2.05) is 17.2 Å². The minimum atomic E-state index is -1.33. The Morgan fingerprint density at radius 1 is 1.28 bits per heavy atom. The Morgan fingerprint density at radius 3 is 2.84 bits per heavy atom. The van der Waals surface area contributed by atoms with Crippen molar-refractivity contribution in [3.05, 3.63) is 46.1 Å². The molecule has 5 heterocycles. The fraction of sp³-hybridized carbons (Fsp3) is 0.409. The van der Waals surface area contributed by atoms with Crippen molar-refractivity contribution in [3.8, 4) is 0 Å². The molecule has 1 saturated heterocycles. The third-order valence-electron chi connectivity index (χ3n) is 6.60. The third-order valence-corrected chi connectivity index (χ3v) is 6.60. The summed E-state index contributed by atoms with van der Waals surface area (Å²) < 4.78 is 16.9. The topological polar surface area (TPSA) is 109 Å². The van der Waals surface area contributed by atoms with Gasteiger partial charge in [0.05, 0.1) is 23.6 Å². The molecule has 32 heavy (non-hydrogen) atoms. The monoisotopic (exact) mass is 437 g/mol. The first kappa shape index (κ1) is 19.1. The quantitative estimate of drug-likeness (QED) is 0.787. The van der Waals surface area contributed by atoms with Crippen molar-refractivity contribution in [3.63, 3.8) is 0 Å². The van der Waals surface area contributed by atoms with Gasteiger partial charge >= 0.3 is 5.97 Å². The Balaban J connectivity index is 1.38. The molecule has 6 rings (SSSR count). The Morgan fingerprint density at radius 2 is 2.12 bits per heavy atom. The highest BCUT2D eigenvalue weighted by Gasteiger charge is 2.45. The van der Waals surface area contributed by atoms with Gasteiger partial charge < -0.3 is 19.4 Å². The number of halogens is 1. The summed E-state index contributed by atoms with van der Waals surface area (Å²) in [5, 5.41) is 13.7. The van der Waals surface area contributed by atoms with Gasteiger partial charge in [-0.25, -0.2) is 14.2 Å². The second kappa shape index (κ2) is 6.98. The minimum absolute atomic E-state index is 0.0115. The number of nitrogens with zero attached hydrogens (tertiary/aromatic N) is 5. The number of carbonyl (C=O) groups is 1. The van der Waals surface area contributed by atoms with Crippen LogP contribution in [0.5, 0.6) is 0 Å². The number of carboxylic acids is 1. The van der Waals surface area contributed by atoms with Gasteiger partial charge in [-0.05, 0) is 25.3 Å². The summed E-state index contributed by atoms with van der Waals surface area (Å²) >= 11 is 0. The van der Waals surface area contributed by atoms with Gasteiger partial charge in [0.2, 0.25) is 5.43 Å². The maximum atomic E-state index is 15.2. The van der Waals surface area contributed by atoms with Crippen LogP contribution >= 0.6 is 0 Å². The van der Waals surface area contributed by atoms with Crippen LogP contribution in [0.25, 0.3) is 11.0 Å². The average Bonchev–Trinajstić information content (AvgIpc) is 3.42. The SMILES string of the molecule is O=C(O)c1cn(C2CC2)c2nc(N3CC4ON=C(C5C=CN=CC5)C4C3)c(F)cc2c1=O. The molecule has 10 heteroatoms. The van der Waals surface area contributed by atoms with E-state index in [9.17, 15) is 14.7 Å². The molecule has 0 amide bonds. The standard InChI is InChI=1S/C22H20FN5O4/c23-16-7-13-19(29)15(22(30)31)9-28(12-1-2-12)20(13)25-21(16)27-8-14-17(10-27)32-26-18(14)11-3-5-24-6-4-11/h3,5-7,9,11-12,14,17H,1-2,4,8,10H2,(H,30,31). The molecular formula is C22H20FN5O4. The number of allylic oxidation sites excluding steroid dienone is 1. The van der Waals surface area contributed by atoms with Gasteiger partial charge in [0.25, 0.3) is 0 Å². The number of aromatic nitrogens is 2. The molecule has 0 aromatic carbocycles. The van der Waals surface area contributed by atoms with Crippen LogP contribution in [0.2, 0.25) is 0 Å². The smallest absolute Gasteiger partial charge is 0.341 e. The van der Waals surface area contributed by atoms with E-state index in [0.29, 0.717) is 18.7 Å². The van der Waals surface area contributed by atoms with Crippen LogP contribution in [0.15, 0.2) is 39.5 Å². The zero-order valence-corrected chi connectivity index (χ0v) is 17.0. The van der Waals surface area contributed by atoms with E-state index >= 15 is 4.39 Å². The van der Waals surface area contributed by atoms with E-state index in [-0.39, 0.29) is 40.7 Å². The zero-order valence-electron chi connectivity index (χ0n) is 17.0. The van der Waals surface area contributed by atoms with Crippen LogP contribution in [0, 0.1) is 17.7 Å². The lowest BCUT2D eigenvalue weighted by molar-refractivity contribution is 0.0694. The molecule has 3 aliphatic heterocycles. The van der Waals surface area contributed by atoms with Crippen LogP contribution in [-0.4, -0.2) is 51.7 Å². The fourth-order valence-electron chi connectivity index (χ4n) is 4.81. The van der Waals surface area contributed by atoms with Gasteiger partial charge in [-0.3, -0.25) is 9.79 Å². The summed E-state index contributed by atoms with van der Waals surface area (Å²) in [5.41, 5.74) is 0.163. The molecule has 4 aliphatic rings. The summed E-state index contributed by atoms with van der Waals surface area (Å²) in [6.45, 7) is 0.930. The lowest BCUT2D eigenvalue weighted by Crippen LogP contribution is -2.28. The van der Waals surface area contributed by atoms with E-state index < -0.39 is 17.2 Å². The highest BCUT2D eigenvalue weighted by Crippen LogP contribution is 2.38. The van der Waals surface area contributed by atoms with Crippen molar-refractivity contribution in [2.45, 2.75) is 31.4 Å². The predicted molar refractivity (Wildman–Crippen MR) is 115 cm³/mol. The molecule has 3 atom stereocenters. The Labute approximate surface area is 181 Å². The van der Waals surface area contributed by atoms with Crippen molar-refractivity contribution in [2.24, 2.45) is 22.0 Å². The van der Waals surface area contributed by atoms with Gasteiger partial charge in [0.15, 0.2) is 17.7 Å². The molecule has 1 N–H and O–H groups in total. The lowest BCUT2D eigenvalue weighted by Gasteiger charge is -2.21. The number of fused-ring (bicyclic) bond motifs is 2. The Bertz CT molecular complexity index is 1300. The van der Waals surface area contributed by atoms with Crippen LogP contribution < -0.4 is 10.3 Å². The molecule has 0 bridgehead atoms. The molecule has 0 spiro atoms. The predicted octanol–water partition coefficient (Wildman–Crippen LogP) is 2.36.